The van der Waals surface area contributed by atoms with Crippen LogP contribution in [0.2, 0.25) is 0 Å². The Bertz CT molecular complexity index is 877. The molecule has 0 saturated heterocycles. The first-order chi connectivity index (χ1) is 16.1. The molecule has 0 fully saturated rings. The zero-order chi connectivity index (χ0) is 26.9. The summed E-state index contributed by atoms with van der Waals surface area (Å²) in [4.78, 5) is 51.2. The normalized spacial score (nSPS) is 14.0. The smallest absolute Gasteiger partial charge is 0.244 e. The fraction of sp³-hybridized carbons (Fsp3) is 0.640. The fourth-order valence-electron chi connectivity index (χ4n) is 3.71. The number of rotatable bonds is 12. The highest BCUT2D eigenvalue weighted by atomic mass is 16.6. The van der Waals surface area contributed by atoms with E-state index in [9.17, 15) is 24.5 Å². The quantitative estimate of drug-likeness (QED) is 0.340. The highest BCUT2D eigenvalue weighted by Crippen LogP contribution is 2.22. The number of likely N-dealkylation sites (N-methyl/N-ethyl adjacent to an activating group) is 1. The van der Waals surface area contributed by atoms with E-state index in [0.717, 1.165) is 5.56 Å². The van der Waals surface area contributed by atoms with Gasteiger partial charge in [0.15, 0.2) is 0 Å². The van der Waals surface area contributed by atoms with Crippen molar-refractivity contribution in [2.75, 3.05) is 27.7 Å². The largest absolute Gasteiger partial charge is 0.497 e. The van der Waals surface area contributed by atoms with Crippen molar-refractivity contribution in [3.05, 3.63) is 39.9 Å². The Morgan fingerprint density at radius 3 is 2.06 bits per heavy atom. The first kappa shape index (κ1) is 29.9. The molecule has 2 N–H and O–H groups in total. The van der Waals surface area contributed by atoms with E-state index in [1.54, 1.807) is 54.1 Å². The zero-order valence-corrected chi connectivity index (χ0v) is 22.1. The van der Waals surface area contributed by atoms with Crippen molar-refractivity contribution in [3.63, 3.8) is 0 Å². The van der Waals surface area contributed by atoms with Gasteiger partial charge in [0.25, 0.3) is 0 Å². The van der Waals surface area contributed by atoms with Gasteiger partial charge in [0.2, 0.25) is 24.3 Å². The number of carbonyl (C=O) groups excluding carboxylic acids is 3. The van der Waals surface area contributed by atoms with Crippen LogP contribution in [0.5, 0.6) is 5.75 Å². The van der Waals surface area contributed by atoms with Gasteiger partial charge < -0.3 is 20.3 Å². The molecular weight excluding hydrogens is 452 g/mol. The zero-order valence-electron chi connectivity index (χ0n) is 22.1. The van der Waals surface area contributed by atoms with E-state index in [1.165, 1.54) is 4.90 Å². The number of ether oxygens (including phenoxy) is 1. The molecule has 1 aromatic carbocycles. The summed E-state index contributed by atoms with van der Waals surface area (Å²) in [5, 5.41) is 16.6. The minimum absolute atomic E-state index is 0.0687. The minimum atomic E-state index is -0.996. The lowest BCUT2D eigenvalue weighted by atomic mass is 9.85. The number of benzene rings is 1. The van der Waals surface area contributed by atoms with E-state index >= 15 is 0 Å². The van der Waals surface area contributed by atoms with Crippen LogP contribution in [0.25, 0.3) is 0 Å². The van der Waals surface area contributed by atoms with Gasteiger partial charge >= 0.3 is 0 Å². The number of nitrogens with one attached hydrogen (secondary N) is 2. The van der Waals surface area contributed by atoms with Crippen molar-refractivity contribution < 1.29 is 24.0 Å². The average molecular weight is 493 g/mol. The van der Waals surface area contributed by atoms with Crippen molar-refractivity contribution in [1.29, 1.82) is 0 Å². The van der Waals surface area contributed by atoms with Crippen LogP contribution in [-0.4, -0.2) is 67.4 Å². The molecule has 0 radical (unpaired) electrons. The molecule has 0 aromatic heterocycles. The number of nitro groups is 1. The van der Waals surface area contributed by atoms with Crippen molar-refractivity contribution >= 4 is 17.7 Å². The van der Waals surface area contributed by atoms with Gasteiger partial charge in [0.05, 0.1) is 7.11 Å². The molecule has 10 heteroatoms. The Morgan fingerprint density at radius 2 is 1.63 bits per heavy atom. The summed E-state index contributed by atoms with van der Waals surface area (Å²) >= 11 is 0. The fourth-order valence-corrected chi connectivity index (χ4v) is 3.71. The molecule has 0 aliphatic carbocycles. The number of hydrogen-bond donors (Lipinski definition) is 2. The lowest BCUT2D eigenvalue weighted by Gasteiger charge is -2.33. The lowest BCUT2D eigenvalue weighted by Crippen LogP contribution is -2.59. The predicted octanol–water partition coefficient (Wildman–Crippen LogP) is 2.28. The Balaban J connectivity index is 3.14. The van der Waals surface area contributed by atoms with Gasteiger partial charge in [-0.1, -0.05) is 46.8 Å². The van der Waals surface area contributed by atoms with E-state index in [-0.39, 0.29) is 18.2 Å². The highest BCUT2D eigenvalue weighted by Gasteiger charge is 2.37. The average Bonchev–Trinajstić information content (AvgIpc) is 2.74. The molecule has 1 aromatic rings. The maximum atomic E-state index is 13.4. The maximum absolute atomic E-state index is 13.4. The highest BCUT2D eigenvalue weighted by molar-refractivity contribution is 5.93. The maximum Gasteiger partial charge on any atom is 0.244 e. The molecule has 0 spiro atoms. The van der Waals surface area contributed by atoms with Crippen LogP contribution < -0.4 is 15.4 Å². The number of nitrogens with zero attached hydrogens (tertiary/aromatic N) is 2. The summed E-state index contributed by atoms with van der Waals surface area (Å²) in [5.41, 5.74) is 0.119. The van der Waals surface area contributed by atoms with Crippen molar-refractivity contribution in [1.82, 2.24) is 15.5 Å². The van der Waals surface area contributed by atoms with Gasteiger partial charge in [-0.3, -0.25) is 24.5 Å². The summed E-state index contributed by atoms with van der Waals surface area (Å²) in [6.07, 6.45) is 0.569. The van der Waals surface area contributed by atoms with E-state index < -0.39 is 46.7 Å². The Morgan fingerprint density at radius 1 is 1.06 bits per heavy atom. The number of hydrogen-bond acceptors (Lipinski definition) is 6. The summed E-state index contributed by atoms with van der Waals surface area (Å²) < 4.78 is 5.17. The third-order valence-electron chi connectivity index (χ3n) is 5.57. The lowest BCUT2D eigenvalue weighted by molar-refractivity contribution is -0.486. The van der Waals surface area contributed by atoms with E-state index in [2.05, 4.69) is 10.6 Å². The Kier molecular flexibility index (Phi) is 11.1. The molecule has 3 atom stereocenters. The molecule has 0 aliphatic rings. The van der Waals surface area contributed by atoms with Crippen LogP contribution in [0.3, 0.4) is 0 Å². The monoisotopic (exact) mass is 492 g/mol. The molecule has 0 unspecified atom stereocenters. The van der Waals surface area contributed by atoms with Gasteiger partial charge in [0, 0.05) is 25.4 Å². The summed E-state index contributed by atoms with van der Waals surface area (Å²) in [6.45, 7) is 8.61. The van der Waals surface area contributed by atoms with E-state index in [0.29, 0.717) is 12.2 Å². The minimum Gasteiger partial charge on any atom is -0.497 e. The predicted molar refractivity (Wildman–Crippen MR) is 134 cm³/mol. The van der Waals surface area contributed by atoms with Gasteiger partial charge in [0.1, 0.15) is 23.8 Å². The number of methoxy groups -OCH3 is 1. The molecule has 3 amide bonds. The molecule has 35 heavy (non-hydrogen) atoms. The van der Waals surface area contributed by atoms with Gasteiger partial charge in [-0.05, 0) is 35.4 Å². The number of carbonyl (C=O) groups is 3. The second-order valence-electron chi connectivity index (χ2n) is 10.5. The topological polar surface area (TPSA) is 131 Å². The molecule has 0 saturated carbocycles. The second kappa shape index (κ2) is 13.1. The van der Waals surface area contributed by atoms with Gasteiger partial charge in [-0.25, -0.2) is 0 Å². The first-order valence-electron chi connectivity index (χ1n) is 11.7. The molecule has 0 aliphatic heterocycles. The van der Waals surface area contributed by atoms with Crippen LogP contribution >= 0.6 is 0 Å². The standard InChI is InChI=1S/C25H40N4O6/c1-16(2)13-18(15-29(33)34)22(30)27-21(25(3,4)5)23(31)26-20(24(32)28(6)7)14-17-9-11-19(35-8)12-10-17/h9-12,16,18,20-21H,13-15H2,1-8H3,(H,26,31)(H,27,30)/t18-,20+,21-/m1/s1. The van der Waals surface area contributed by atoms with Crippen molar-refractivity contribution in [3.8, 4) is 5.75 Å². The van der Waals surface area contributed by atoms with Crippen LogP contribution in [0, 0.1) is 27.4 Å². The summed E-state index contributed by atoms with van der Waals surface area (Å²) in [6, 6.07) is 5.33. The van der Waals surface area contributed by atoms with Gasteiger partial charge in [-0.2, -0.15) is 0 Å². The second-order valence-corrected chi connectivity index (χ2v) is 10.5. The first-order valence-corrected chi connectivity index (χ1v) is 11.7. The molecule has 10 nitrogen and oxygen atoms in total. The SMILES string of the molecule is COc1ccc(C[C@H](NC(=O)[C@@H](NC(=O)[C@H](CC(C)C)C[N+](=O)[O-])C(C)(C)C)C(=O)N(C)C)cc1. The van der Waals surface area contributed by atoms with Crippen molar-refractivity contribution in [2.45, 2.75) is 59.5 Å². The third-order valence-corrected chi connectivity index (χ3v) is 5.57. The van der Waals surface area contributed by atoms with Crippen LogP contribution in [0.1, 0.15) is 46.6 Å². The summed E-state index contributed by atoms with van der Waals surface area (Å²) in [5.74, 6) is -1.48. The molecule has 196 valence electrons. The van der Waals surface area contributed by atoms with E-state index in [1.807, 2.05) is 26.0 Å². The summed E-state index contributed by atoms with van der Waals surface area (Å²) in [7, 11) is 4.77. The van der Waals surface area contributed by atoms with E-state index in [4.69, 9.17) is 4.74 Å². The van der Waals surface area contributed by atoms with Crippen molar-refractivity contribution in [2.24, 2.45) is 17.3 Å². The van der Waals surface area contributed by atoms with Gasteiger partial charge in [-0.15, -0.1) is 0 Å². The number of amides is 3. The molecule has 0 heterocycles. The molecule has 1 rings (SSSR count). The van der Waals surface area contributed by atoms with Crippen LogP contribution in [-0.2, 0) is 20.8 Å². The van der Waals surface area contributed by atoms with Crippen LogP contribution in [0.4, 0.5) is 0 Å². The molecular formula is C25H40N4O6. The Labute approximate surface area is 207 Å². The third kappa shape index (κ3) is 9.92. The Hall–Kier alpha value is -3.17. The van der Waals surface area contributed by atoms with Crippen LogP contribution in [0.15, 0.2) is 24.3 Å². The molecule has 0 bridgehead atoms.